The smallest absolute Gasteiger partial charge is 0.301 e. The normalized spacial score (nSPS) is 19.4. The van der Waals surface area contributed by atoms with E-state index in [0.717, 1.165) is 22.4 Å². The van der Waals surface area contributed by atoms with Crippen molar-refractivity contribution in [3.8, 4) is 5.75 Å². The third-order valence-corrected chi connectivity index (χ3v) is 9.79. The van der Waals surface area contributed by atoms with Crippen molar-refractivity contribution in [1.29, 1.82) is 0 Å². The number of aromatic nitrogens is 2. The van der Waals surface area contributed by atoms with Gasteiger partial charge in [0.1, 0.15) is 17.6 Å². The van der Waals surface area contributed by atoms with Gasteiger partial charge in [-0.25, -0.2) is 0 Å². The second-order valence-electron chi connectivity index (χ2n) is 10.7. The minimum absolute atomic E-state index is 0.0229. The SMILES string of the molecule is CC1Cc2cc(C(O)=C3C(=O)C(=O)N(c4nnc(SCc5ccc(Cl)cc5)s4)C3c3ccc(C(C)C)cc3)ccc2O1. The third kappa shape index (κ3) is 5.44. The molecule has 0 radical (unpaired) electrons. The quantitative estimate of drug-likeness (QED) is 0.0752. The van der Waals surface area contributed by atoms with E-state index < -0.39 is 17.7 Å². The lowest BCUT2D eigenvalue weighted by molar-refractivity contribution is -0.132. The summed E-state index contributed by atoms with van der Waals surface area (Å²) in [4.78, 5) is 28.6. The van der Waals surface area contributed by atoms with Crippen LogP contribution < -0.4 is 9.64 Å². The summed E-state index contributed by atoms with van der Waals surface area (Å²) in [5.74, 6) is -0.0227. The number of amides is 1. The van der Waals surface area contributed by atoms with E-state index in [4.69, 9.17) is 16.3 Å². The number of carbonyl (C=O) groups is 2. The maximum Gasteiger partial charge on any atom is 0.301 e. The van der Waals surface area contributed by atoms with Crippen LogP contribution in [0, 0.1) is 0 Å². The number of aliphatic hydroxyl groups excluding tert-OH is 1. The monoisotopic (exact) mass is 617 g/mol. The van der Waals surface area contributed by atoms with Crippen LogP contribution in [0.5, 0.6) is 5.75 Å². The summed E-state index contributed by atoms with van der Waals surface area (Å²) in [7, 11) is 0. The summed E-state index contributed by atoms with van der Waals surface area (Å²) >= 11 is 8.72. The Kier molecular flexibility index (Phi) is 7.83. The number of ketones is 1. The number of anilines is 1. The number of fused-ring (bicyclic) bond motifs is 1. The van der Waals surface area contributed by atoms with Crippen LogP contribution in [0.2, 0.25) is 5.02 Å². The molecule has 0 spiro atoms. The van der Waals surface area contributed by atoms with Crippen LogP contribution in [0.3, 0.4) is 0 Å². The number of nitrogens with zero attached hydrogens (tertiary/aromatic N) is 3. The Bertz CT molecular complexity index is 1700. The molecule has 4 aromatic rings. The van der Waals surface area contributed by atoms with Crippen molar-refractivity contribution in [2.24, 2.45) is 0 Å². The molecular formula is C32H28ClN3O4S2. The van der Waals surface area contributed by atoms with Crippen molar-refractivity contribution < 1.29 is 19.4 Å². The first-order valence-electron chi connectivity index (χ1n) is 13.6. The molecule has 42 heavy (non-hydrogen) atoms. The zero-order valence-electron chi connectivity index (χ0n) is 23.2. The van der Waals surface area contributed by atoms with E-state index in [9.17, 15) is 14.7 Å². The van der Waals surface area contributed by atoms with E-state index in [-0.39, 0.29) is 17.4 Å². The molecule has 1 fully saturated rings. The van der Waals surface area contributed by atoms with Crippen molar-refractivity contribution in [3.63, 3.8) is 0 Å². The van der Waals surface area contributed by atoms with Crippen molar-refractivity contribution in [2.45, 2.75) is 55.3 Å². The number of thioether (sulfide) groups is 1. The highest BCUT2D eigenvalue weighted by molar-refractivity contribution is 8.00. The second-order valence-corrected chi connectivity index (χ2v) is 13.3. The summed E-state index contributed by atoms with van der Waals surface area (Å²) < 4.78 is 6.46. The molecular weight excluding hydrogens is 590 g/mol. The first kappa shape index (κ1) is 28.5. The van der Waals surface area contributed by atoms with E-state index in [1.165, 1.54) is 28.0 Å². The number of carbonyl (C=O) groups excluding carboxylic acids is 2. The highest BCUT2D eigenvalue weighted by Gasteiger charge is 2.48. The highest BCUT2D eigenvalue weighted by Crippen LogP contribution is 2.45. The van der Waals surface area contributed by atoms with Gasteiger partial charge in [-0.15, -0.1) is 10.2 Å². The molecule has 0 saturated carbocycles. The fourth-order valence-electron chi connectivity index (χ4n) is 5.22. The number of benzene rings is 3. The number of Topliss-reactive ketones (excluding diaryl/α,β-unsaturated/α-hetero) is 1. The van der Waals surface area contributed by atoms with E-state index in [2.05, 4.69) is 24.0 Å². The Hall–Kier alpha value is -3.66. The van der Waals surface area contributed by atoms with Gasteiger partial charge in [0.25, 0.3) is 5.78 Å². The van der Waals surface area contributed by atoms with E-state index >= 15 is 0 Å². The minimum atomic E-state index is -0.864. The predicted octanol–water partition coefficient (Wildman–Crippen LogP) is 7.56. The van der Waals surface area contributed by atoms with Gasteiger partial charge in [0.05, 0.1) is 11.6 Å². The molecule has 7 nitrogen and oxygen atoms in total. The Balaban J connectivity index is 1.39. The molecule has 1 amide bonds. The van der Waals surface area contributed by atoms with Crippen LogP contribution in [0.25, 0.3) is 5.76 Å². The van der Waals surface area contributed by atoms with Gasteiger partial charge in [0, 0.05) is 22.8 Å². The lowest BCUT2D eigenvalue weighted by atomic mass is 9.93. The number of ether oxygens (including phenoxy) is 1. The van der Waals surface area contributed by atoms with Crippen molar-refractivity contribution in [3.05, 3.63) is 105 Å². The minimum Gasteiger partial charge on any atom is -0.507 e. The van der Waals surface area contributed by atoms with E-state index in [1.54, 1.807) is 12.1 Å². The molecule has 0 bridgehead atoms. The predicted molar refractivity (Wildman–Crippen MR) is 166 cm³/mol. The van der Waals surface area contributed by atoms with Gasteiger partial charge in [0.15, 0.2) is 4.34 Å². The first-order valence-corrected chi connectivity index (χ1v) is 15.8. The topological polar surface area (TPSA) is 92.6 Å². The molecule has 2 atom stereocenters. The maximum absolute atomic E-state index is 13.6. The number of hydrogen-bond donors (Lipinski definition) is 1. The molecule has 10 heteroatoms. The summed E-state index contributed by atoms with van der Waals surface area (Å²) in [6.07, 6.45) is 0.734. The van der Waals surface area contributed by atoms with Crippen LogP contribution in [0.15, 0.2) is 76.6 Å². The van der Waals surface area contributed by atoms with Crippen LogP contribution in [0.4, 0.5) is 5.13 Å². The molecule has 214 valence electrons. The summed E-state index contributed by atoms with van der Waals surface area (Å²) in [6.45, 7) is 6.18. The zero-order valence-corrected chi connectivity index (χ0v) is 25.6. The number of halogens is 1. The van der Waals surface area contributed by atoms with Crippen LogP contribution in [0.1, 0.15) is 60.5 Å². The molecule has 2 aliphatic rings. The van der Waals surface area contributed by atoms with Gasteiger partial charge in [-0.2, -0.15) is 0 Å². The molecule has 1 saturated heterocycles. The van der Waals surface area contributed by atoms with E-state index in [1.807, 2.05) is 61.5 Å². The fraction of sp³-hybridized carbons (Fsp3) is 0.250. The van der Waals surface area contributed by atoms with Gasteiger partial charge in [-0.05, 0) is 65.4 Å². The average molecular weight is 618 g/mol. The Morgan fingerprint density at radius 1 is 1.10 bits per heavy atom. The number of rotatable bonds is 7. The first-order chi connectivity index (χ1) is 20.2. The van der Waals surface area contributed by atoms with Crippen LogP contribution in [-0.4, -0.2) is 33.1 Å². The zero-order chi connectivity index (χ0) is 29.5. The largest absolute Gasteiger partial charge is 0.507 e. The Morgan fingerprint density at radius 3 is 2.55 bits per heavy atom. The molecule has 0 aliphatic carbocycles. The van der Waals surface area contributed by atoms with Crippen LogP contribution >= 0.6 is 34.7 Å². The fourth-order valence-corrected chi connectivity index (χ4v) is 7.17. The molecule has 3 aromatic carbocycles. The van der Waals surface area contributed by atoms with Gasteiger partial charge in [-0.3, -0.25) is 14.5 Å². The maximum atomic E-state index is 13.6. The number of hydrogen-bond acceptors (Lipinski definition) is 8. The lowest BCUT2D eigenvalue weighted by Gasteiger charge is -2.23. The Labute approximate surface area is 257 Å². The van der Waals surface area contributed by atoms with Gasteiger partial charge < -0.3 is 9.84 Å². The summed E-state index contributed by atoms with van der Waals surface area (Å²) in [6, 6.07) is 19.8. The highest BCUT2D eigenvalue weighted by atomic mass is 35.5. The lowest BCUT2D eigenvalue weighted by Crippen LogP contribution is -2.29. The van der Waals surface area contributed by atoms with Crippen molar-refractivity contribution in [1.82, 2.24) is 10.2 Å². The molecule has 1 aromatic heterocycles. The van der Waals surface area contributed by atoms with Gasteiger partial charge in [-0.1, -0.05) is 84.9 Å². The molecule has 2 aliphatic heterocycles. The molecule has 2 unspecified atom stereocenters. The Morgan fingerprint density at radius 2 is 1.83 bits per heavy atom. The van der Waals surface area contributed by atoms with Gasteiger partial charge >= 0.3 is 5.91 Å². The summed E-state index contributed by atoms with van der Waals surface area (Å²) in [5, 5.41) is 21.1. The summed E-state index contributed by atoms with van der Waals surface area (Å²) in [5.41, 5.74) is 4.33. The second kappa shape index (κ2) is 11.6. The van der Waals surface area contributed by atoms with Gasteiger partial charge in [0.2, 0.25) is 5.13 Å². The molecule has 6 rings (SSSR count). The standard InChI is InChI=1S/C32H28ClN3O4S2/c1-17(2)20-6-8-21(9-7-20)27-26(28(37)22-10-13-25-23(15-22)14-18(3)40-25)29(38)30(39)36(27)31-34-35-32(42-31)41-16-19-4-11-24(33)12-5-19/h4-13,15,17-18,27,37H,14,16H2,1-3H3. The molecule has 1 N–H and O–H groups in total. The molecule has 3 heterocycles. The van der Waals surface area contributed by atoms with Crippen LogP contribution in [-0.2, 0) is 21.8 Å². The average Bonchev–Trinajstić information content (AvgIpc) is 3.67. The van der Waals surface area contributed by atoms with E-state index in [0.29, 0.717) is 43.7 Å². The van der Waals surface area contributed by atoms with Crippen molar-refractivity contribution >= 4 is 57.3 Å². The van der Waals surface area contributed by atoms with Crippen molar-refractivity contribution in [2.75, 3.05) is 4.90 Å². The number of aliphatic hydroxyl groups is 1. The third-order valence-electron chi connectivity index (χ3n) is 7.41.